The second-order valence-corrected chi connectivity index (χ2v) is 12.9. The summed E-state index contributed by atoms with van der Waals surface area (Å²) in [5.74, 6) is -2.58. The number of ether oxygens (including phenoxy) is 2. The molecule has 0 aliphatic carbocycles. The summed E-state index contributed by atoms with van der Waals surface area (Å²) in [6.45, 7) is 17.7. The van der Waals surface area contributed by atoms with Gasteiger partial charge in [-0.3, -0.25) is 14.4 Å². The van der Waals surface area contributed by atoms with Crippen molar-refractivity contribution in [1.82, 2.24) is 4.90 Å². The second-order valence-electron chi connectivity index (χ2n) is 12.9. The Balaban J connectivity index is 1.78. The Hall–Kier alpha value is -2.97. The Morgan fingerprint density at radius 3 is 2.60 bits per heavy atom. The molecule has 0 radical (unpaired) electrons. The summed E-state index contributed by atoms with van der Waals surface area (Å²) < 4.78 is 12.5. The average molecular weight is 581 g/mol. The number of aliphatic hydroxyl groups excluding tert-OH is 1. The highest BCUT2D eigenvalue weighted by Crippen LogP contribution is 2.64. The maximum absolute atomic E-state index is 14.8. The summed E-state index contributed by atoms with van der Waals surface area (Å²) in [6.07, 6.45) is 7.41. The van der Waals surface area contributed by atoms with E-state index in [1.807, 2.05) is 58.9 Å². The first-order valence-electron chi connectivity index (χ1n) is 15.4. The zero-order valence-electron chi connectivity index (χ0n) is 25.9. The smallest absolute Gasteiger partial charge is 0.312 e. The number of anilines is 1. The van der Waals surface area contributed by atoms with Crippen LogP contribution in [0.1, 0.15) is 70.4 Å². The van der Waals surface area contributed by atoms with Gasteiger partial charge < -0.3 is 24.4 Å². The van der Waals surface area contributed by atoms with E-state index in [9.17, 15) is 19.5 Å². The van der Waals surface area contributed by atoms with Crippen LogP contribution < -0.4 is 4.90 Å². The van der Waals surface area contributed by atoms with E-state index in [0.29, 0.717) is 25.7 Å². The van der Waals surface area contributed by atoms with Crippen LogP contribution in [0.3, 0.4) is 0 Å². The molecule has 230 valence electrons. The Kier molecular flexibility index (Phi) is 9.68. The Labute approximate surface area is 250 Å². The quantitative estimate of drug-likeness (QED) is 0.191. The highest BCUT2D eigenvalue weighted by atomic mass is 16.6. The number of hydrogen-bond acceptors (Lipinski definition) is 6. The number of nitrogens with zero attached hydrogens (tertiary/aromatic N) is 2. The molecule has 8 nitrogen and oxygen atoms in total. The van der Waals surface area contributed by atoms with Gasteiger partial charge in [0.05, 0.1) is 30.8 Å². The number of carbonyl (C=O) groups is 3. The molecule has 0 aromatic heterocycles. The molecule has 8 heteroatoms. The average Bonchev–Trinajstić information content (AvgIpc) is 3.51. The minimum atomic E-state index is -1.20. The zero-order valence-corrected chi connectivity index (χ0v) is 25.9. The number of carbonyl (C=O) groups excluding carboxylic acids is 3. The number of fused-ring (bicyclic) bond motifs is 1. The third-order valence-corrected chi connectivity index (χ3v) is 9.33. The van der Waals surface area contributed by atoms with E-state index in [4.69, 9.17) is 9.47 Å². The Morgan fingerprint density at radius 1 is 1.21 bits per heavy atom. The minimum Gasteiger partial charge on any atom is -0.465 e. The van der Waals surface area contributed by atoms with Gasteiger partial charge in [-0.15, -0.1) is 13.2 Å². The maximum Gasteiger partial charge on any atom is 0.312 e. The predicted octanol–water partition coefficient (Wildman–Crippen LogP) is 4.89. The first-order valence-corrected chi connectivity index (χ1v) is 15.4. The van der Waals surface area contributed by atoms with Gasteiger partial charge >= 0.3 is 5.97 Å². The van der Waals surface area contributed by atoms with Crippen LogP contribution in [0.2, 0.25) is 0 Å². The van der Waals surface area contributed by atoms with Crippen LogP contribution in [0.25, 0.3) is 0 Å². The molecular weight excluding hydrogens is 532 g/mol. The van der Waals surface area contributed by atoms with E-state index in [0.717, 1.165) is 29.7 Å². The summed E-state index contributed by atoms with van der Waals surface area (Å²) in [7, 11) is 0. The van der Waals surface area contributed by atoms with Crippen LogP contribution in [-0.4, -0.2) is 70.8 Å². The Morgan fingerprint density at radius 2 is 1.95 bits per heavy atom. The molecule has 0 saturated carbocycles. The molecule has 2 unspecified atom stereocenters. The number of aryl methyl sites for hydroxylation is 2. The fraction of sp³-hybridized carbons (Fsp3) is 0.618. The van der Waals surface area contributed by atoms with Crippen LogP contribution in [-0.2, 0) is 23.9 Å². The summed E-state index contributed by atoms with van der Waals surface area (Å²) in [4.78, 5) is 46.2. The standard InChI is InChI=1S/C34H48N2O6/c1-8-10-11-12-18-41-32(40)28-27-30(38)36(25(21-37)19-22(3)4)29(34(27)16-15-33(28,7)42-34)31(39)35(17-9-2)26-20-23(5)13-14-24(26)6/h8-9,13-14,20,22,25,27-29,37H,1-2,10-12,15-19,21H2,3-7H3/t25-,27+,28+,29?,33-,34?/m1/s1. The molecule has 3 aliphatic heterocycles. The number of aliphatic hydroxyl groups is 1. The van der Waals surface area contributed by atoms with Crippen LogP contribution in [0.15, 0.2) is 43.5 Å². The molecule has 2 amide bonds. The zero-order chi connectivity index (χ0) is 30.8. The lowest BCUT2D eigenvalue weighted by atomic mass is 9.66. The number of allylic oxidation sites excluding steroid dienone is 1. The molecule has 4 rings (SSSR count). The molecule has 42 heavy (non-hydrogen) atoms. The van der Waals surface area contributed by atoms with Gasteiger partial charge in [0.2, 0.25) is 5.91 Å². The van der Waals surface area contributed by atoms with E-state index in [-0.39, 0.29) is 37.5 Å². The van der Waals surface area contributed by atoms with E-state index >= 15 is 0 Å². The van der Waals surface area contributed by atoms with Crippen molar-refractivity contribution in [3.63, 3.8) is 0 Å². The van der Waals surface area contributed by atoms with Gasteiger partial charge in [0.15, 0.2) is 0 Å². The van der Waals surface area contributed by atoms with E-state index in [1.165, 1.54) is 0 Å². The highest BCUT2D eigenvalue weighted by Gasteiger charge is 2.79. The monoisotopic (exact) mass is 580 g/mol. The lowest BCUT2D eigenvalue weighted by molar-refractivity contribution is -0.160. The lowest BCUT2D eigenvalue weighted by Gasteiger charge is -2.40. The van der Waals surface area contributed by atoms with Gasteiger partial charge in [-0.1, -0.05) is 38.1 Å². The maximum atomic E-state index is 14.8. The number of esters is 1. The number of unbranched alkanes of at least 4 members (excludes halogenated alkanes) is 2. The van der Waals surface area contributed by atoms with E-state index in [1.54, 1.807) is 15.9 Å². The number of likely N-dealkylation sites (tertiary alicyclic amines) is 1. The molecule has 3 saturated heterocycles. The van der Waals surface area contributed by atoms with Crippen molar-refractivity contribution in [3.8, 4) is 0 Å². The SMILES string of the molecule is C=CCCCCOC(=O)[C@@H]1[C@H]2C(=O)N([C@@H](CO)CC(C)C)C(C(=O)N(CC=C)c3cc(C)ccc3C)C23CC[C@@]1(C)O3. The van der Waals surface area contributed by atoms with Crippen molar-refractivity contribution in [2.24, 2.45) is 17.8 Å². The number of amides is 2. The Bertz CT molecular complexity index is 1210. The molecule has 1 N–H and O–H groups in total. The number of rotatable bonds is 14. The molecule has 1 aromatic carbocycles. The van der Waals surface area contributed by atoms with Gasteiger partial charge in [0.25, 0.3) is 5.91 Å². The first-order chi connectivity index (χ1) is 20.0. The largest absolute Gasteiger partial charge is 0.465 e. The van der Waals surface area contributed by atoms with Crippen molar-refractivity contribution < 1.29 is 29.0 Å². The van der Waals surface area contributed by atoms with Crippen LogP contribution in [0.4, 0.5) is 5.69 Å². The van der Waals surface area contributed by atoms with E-state index < -0.39 is 41.1 Å². The summed E-state index contributed by atoms with van der Waals surface area (Å²) in [6, 6.07) is 4.34. The molecular formula is C34H48N2O6. The third-order valence-electron chi connectivity index (χ3n) is 9.33. The summed E-state index contributed by atoms with van der Waals surface area (Å²) >= 11 is 0. The van der Waals surface area contributed by atoms with Gasteiger partial charge in [-0.05, 0) is 82.4 Å². The van der Waals surface area contributed by atoms with Gasteiger partial charge in [-0.25, -0.2) is 0 Å². The van der Waals surface area contributed by atoms with Crippen LogP contribution >= 0.6 is 0 Å². The molecule has 1 aromatic rings. The number of hydrogen-bond donors (Lipinski definition) is 1. The van der Waals surface area contributed by atoms with Crippen molar-refractivity contribution in [2.45, 2.75) is 96.4 Å². The molecule has 3 heterocycles. The molecule has 2 bridgehead atoms. The molecule has 3 fully saturated rings. The molecule has 6 atom stereocenters. The second kappa shape index (κ2) is 12.7. The topological polar surface area (TPSA) is 96.4 Å². The van der Waals surface area contributed by atoms with E-state index in [2.05, 4.69) is 13.2 Å². The van der Waals surface area contributed by atoms with Gasteiger partial charge in [0, 0.05) is 12.2 Å². The number of benzene rings is 1. The lowest BCUT2D eigenvalue weighted by Crippen LogP contribution is -2.59. The van der Waals surface area contributed by atoms with Crippen LogP contribution in [0, 0.1) is 31.6 Å². The highest BCUT2D eigenvalue weighted by molar-refractivity contribution is 6.05. The first kappa shape index (κ1) is 32.0. The predicted molar refractivity (Wildman–Crippen MR) is 163 cm³/mol. The third kappa shape index (κ3) is 5.55. The van der Waals surface area contributed by atoms with Gasteiger partial charge in [0.1, 0.15) is 17.6 Å². The van der Waals surface area contributed by atoms with Crippen LogP contribution in [0.5, 0.6) is 0 Å². The molecule has 3 aliphatic rings. The van der Waals surface area contributed by atoms with Crippen molar-refractivity contribution in [3.05, 3.63) is 54.6 Å². The molecule has 1 spiro atoms. The minimum absolute atomic E-state index is 0.165. The normalized spacial score (nSPS) is 28.6. The van der Waals surface area contributed by atoms with Crippen molar-refractivity contribution in [2.75, 3.05) is 24.7 Å². The fourth-order valence-electron chi connectivity index (χ4n) is 7.46. The fourth-order valence-corrected chi connectivity index (χ4v) is 7.46. The van der Waals surface area contributed by atoms with Crippen molar-refractivity contribution in [1.29, 1.82) is 0 Å². The summed E-state index contributed by atoms with van der Waals surface area (Å²) in [5, 5.41) is 10.6. The summed E-state index contributed by atoms with van der Waals surface area (Å²) in [5.41, 5.74) is 0.548. The van der Waals surface area contributed by atoms with Crippen molar-refractivity contribution >= 4 is 23.5 Å². The van der Waals surface area contributed by atoms with Gasteiger partial charge in [-0.2, -0.15) is 0 Å².